The first kappa shape index (κ1) is 15.6. The molecule has 0 aliphatic rings. The number of aromatic amines is 1. The van der Waals surface area contributed by atoms with E-state index in [1.54, 1.807) is 10.9 Å². The molecule has 0 bridgehead atoms. The Morgan fingerprint density at radius 3 is 2.57 bits per heavy atom. The Bertz CT molecular complexity index is 850. The molecule has 1 N–H and O–H groups in total. The molecule has 2 aromatic carbocycles. The fraction of sp³-hybridized carbons (Fsp3) is 0.118. The van der Waals surface area contributed by atoms with Gasteiger partial charge in [0, 0.05) is 11.4 Å². The van der Waals surface area contributed by atoms with Gasteiger partial charge in [0.1, 0.15) is 0 Å². The van der Waals surface area contributed by atoms with Crippen LogP contribution in [0.25, 0.3) is 0 Å². The van der Waals surface area contributed by atoms with Crippen molar-refractivity contribution >= 4 is 30.0 Å². The summed E-state index contributed by atoms with van der Waals surface area (Å²) in [5.41, 5.74) is 2.21. The number of hydrogen-bond donors (Lipinski definition) is 1. The van der Waals surface area contributed by atoms with Gasteiger partial charge in [-0.3, -0.25) is 5.10 Å². The van der Waals surface area contributed by atoms with Crippen LogP contribution in [0, 0.1) is 4.77 Å². The Morgan fingerprint density at radius 1 is 1.09 bits per heavy atom. The van der Waals surface area contributed by atoms with E-state index >= 15 is 0 Å². The lowest BCUT2D eigenvalue weighted by molar-refractivity contribution is 0.750. The smallest absolute Gasteiger partial charge is 0.216 e. The third kappa shape index (κ3) is 4.15. The lowest BCUT2D eigenvalue weighted by Gasteiger charge is -2.01. The number of H-pyrrole nitrogens is 1. The van der Waals surface area contributed by atoms with E-state index in [2.05, 4.69) is 27.4 Å². The molecule has 0 unspecified atom stereocenters. The van der Waals surface area contributed by atoms with Crippen LogP contribution < -0.4 is 0 Å². The Balaban J connectivity index is 1.76. The van der Waals surface area contributed by atoms with E-state index in [9.17, 15) is 0 Å². The average Bonchev–Trinajstić information content (AvgIpc) is 2.93. The number of hydrogen-bond acceptors (Lipinski definition) is 3. The van der Waals surface area contributed by atoms with Crippen molar-refractivity contribution in [3.63, 3.8) is 0 Å². The number of halogens is 1. The predicted octanol–water partition coefficient (Wildman–Crippen LogP) is 4.26. The van der Waals surface area contributed by atoms with Crippen LogP contribution in [0.5, 0.6) is 0 Å². The highest BCUT2D eigenvalue weighted by Crippen LogP contribution is 2.09. The van der Waals surface area contributed by atoms with Crippen molar-refractivity contribution in [2.24, 2.45) is 5.10 Å². The fourth-order valence-corrected chi connectivity index (χ4v) is 2.50. The van der Waals surface area contributed by atoms with E-state index in [1.165, 1.54) is 5.56 Å². The van der Waals surface area contributed by atoms with Crippen molar-refractivity contribution in [2.45, 2.75) is 12.8 Å². The van der Waals surface area contributed by atoms with Gasteiger partial charge in [-0.15, -0.1) is 0 Å². The molecule has 0 aliphatic heterocycles. The normalized spacial score (nSPS) is 11.2. The molecule has 116 valence electrons. The number of nitrogens with one attached hydrogen (secondary N) is 1. The molecule has 23 heavy (non-hydrogen) atoms. The molecule has 0 radical (unpaired) electrons. The monoisotopic (exact) mass is 342 g/mol. The minimum Gasteiger partial charge on any atom is -0.250 e. The number of benzene rings is 2. The van der Waals surface area contributed by atoms with Gasteiger partial charge in [-0.2, -0.15) is 14.9 Å². The second-order valence-corrected chi connectivity index (χ2v) is 5.86. The maximum Gasteiger partial charge on any atom is 0.216 e. The minimum atomic E-state index is 0.485. The van der Waals surface area contributed by atoms with E-state index in [1.807, 2.05) is 42.5 Å². The molecule has 0 saturated heterocycles. The number of rotatable bonds is 5. The lowest BCUT2D eigenvalue weighted by atomic mass is 10.1. The molecule has 0 fully saturated rings. The first-order chi connectivity index (χ1) is 11.2. The van der Waals surface area contributed by atoms with Gasteiger partial charge < -0.3 is 0 Å². The summed E-state index contributed by atoms with van der Waals surface area (Å²) >= 11 is 11.1. The summed E-state index contributed by atoms with van der Waals surface area (Å²) in [5.74, 6) is 0.809. The third-order valence-corrected chi connectivity index (χ3v) is 3.91. The van der Waals surface area contributed by atoms with Gasteiger partial charge in [0.2, 0.25) is 4.77 Å². The van der Waals surface area contributed by atoms with Gasteiger partial charge >= 0.3 is 0 Å². The van der Waals surface area contributed by atoms with Gasteiger partial charge in [0.05, 0.1) is 6.21 Å². The van der Waals surface area contributed by atoms with Crippen molar-refractivity contribution in [1.29, 1.82) is 0 Å². The first-order valence-electron chi connectivity index (χ1n) is 7.22. The van der Waals surface area contributed by atoms with Crippen molar-refractivity contribution < 1.29 is 0 Å². The second-order valence-electron chi connectivity index (χ2n) is 5.04. The zero-order valence-corrected chi connectivity index (χ0v) is 13.9. The molecule has 0 atom stereocenters. The Hall–Kier alpha value is -2.24. The molecule has 0 saturated carbocycles. The maximum absolute atomic E-state index is 5.88. The van der Waals surface area contributed by atoms with E-state index < -0.39 is 0 Å². The lowest BCUT2D eigenvalue weighted by Crippen LogP contribution is -2.01. The fourth-order valence-electron chi connectivity index (χ4n) is 2.18. The van der Waals surface area contributed by atoms with Crippen LogP contribution in [0.2, 0.25) is 5.02 Å². The summed E-state index contributed by atoms with van der Waals surface area (Å²) in [6.45, 7) is 0. The summed E-state index contributed by atoms with van der Waals surface area (Å²) in [4.78, 5) is 0. The van der Waals surface area contributed by atoms with Crippen LogP contribution in [0.3, 0.4) is 0 Å². The molecule has 1 aromatic heterocycles. The van der Waals surface area contributed by atoms with Gasteiger partial charge in [0.15, 0.2) is 5.82 Å². The molecule has 4 nitrogen and oxygen atoms in total. The van der Waals surface area contributed by atoms with Crippen LogP contribution in [-0.2, 0) is 12.8 Å². The van der Waals surface area contributed by atoms with Crippen LogP contribution in [0.1, 0.15) is 17.0 Å². The molecule has 0 spiro atoms. The Labute approximate surface area is 144 Å². The predicted molar refractivity (Wildman–Crippen MR) is 95.7 cm³/mol. The van der Waals surface area contributed by atoms with Crippen molar-refractivity contribution in [3.05, 3.63) is 81.3 Å². The van der Waals surface area contributed by atoms with Crippen LogP contribution >= 0.6 is 23.8 Å². The zero-order valence-electron chi connectivity index (χ0n) is 12.3. The third-order valence-electron chi connectivity index (χ3n) is 3.39. The maximum atomic E-state index is 5.88. The van der Waals surface area contributed by atoms with Crippen LogP contribution in [0.15, 0.2) is 59.7 Å². The van der Waals surface area contributed by atoms with Crippen molar-refractivity contribution in [1.82, 2.24) is 14.9 Å². The zero-order chi connectivity index (χ0) is 16.1. The molecule has 6 heteroatoms. The van der Waals surface area contributed by atoms with E-state index in [0.29, 0.717) is 9.79 Å². The van der Waals surface area contributed by atoms with Crippen molar-refractivity contribution in [3.8, 4) is 0 Å². The van der Waals surface area contributed by atoms with Crippen LogP contribution in [-0.4, -0.2) is 21.1 Å². The molecular weight excluding hydrogens is 328 g/mol. The minimum absolute atomic E-state index is 0.485. The summed E-state index contributed by atoms with van der Waals surface area (Å²) in [7, 11) is 0. The number of aryl methyl sites for hydroxylation is 2. The molecule has 1 heterocycles. The quantitative estimate of drug-likeness (QED) is 0.556. The molecule has 3 aromatic rings. The van der Waals surface area contributed by atoms with Crippen LogP contribution in [0.4, 0.5) is 0 Å². The summed E-state index contributed by atoms with van der Waals surface area (Å²) < 4.78 is 2.14. The second kappa shape index (κ2) is 7.35. The standard InChI is InChI=1S/C17H15ClN4S/c18-15-9-6-14(7-10-15)12-19-22-16(20-21-17(22)23)11-8-13-4-2-1-3-5-13/h1-7,9-10,12H,8,11H2,(H,21,23)/b19-12-. The largest absolute Gasteiger partial charge is 0.250 e. The molecular formula is C17H15ClN4S. The summed E-state index contributed by atoms with van der Waals surface area (Å²) in [5, 5.41) is 12.2. The summed E-state index contributed by atoms with van der Waals surface area (Å²) in [6.07, 6.45) is 3.39. The number of aromatic nitrogens is 3. The first-order valence-corrected chi connectivity index (χ1v) is 8.01. The van der Waals surface area contributed by atoms with Gasteiger partial charge in [-0.05, 0) is 41.9 Å². The van der Waals surface area contributed by atoms with E-state index in [0.717, 1.165) is 24.2 Å². The highest BCUT2D eigenvalue weighted by Gasteiger charge is 2.05. The topological polar surface area (TPSA) is 46.0 Å². The SMILES string of the molecule is S=c1[nH]nc(CCc2ccccc2)n1/N=C\c1ccc(Cl)cc1. The average molecular weight is 343 g/mol. The Kier molecular flexibility index (Phi) is 5.00. The molecule has 0 aliphatic carbocycles. The van der Waals surface area contributed by atoms with Gasteiger partial charge in [-0.25, -0.2) is 0 Å². The highest BCUT2D eigenvalue weighted by atomic mass is 35.5. The Morgan fingerprint density at radius 2 is 1.83 bits per heavy atom. The number of nitrogens with zero attached hydrogens (tertiary/aromatic N) is 3. The van der Waals surface area contributed by atoms with E-state index in [4.69, 9.17) is 23.8 Å². The van der Waals surface area contributed by atoms with Gasteiger partial charge in [-0.1, -0.05) is 54.1 Å². The molecule has 3 rings (SSSR count). The van der Waals surface area contributed by atoms with Gasteiger partial charge in [0.25, 0.3) is 0 Å². The van der Waals surface area contributed by atoms with Crippen molar-refractivity contribution in [2.75, 3.05) is 0 Å². The highest BCUT2D eigenvalue weighted by molar-refractivity contribution is 7.71. The van der Waals surface area contributed by atoms with E-state index in [-0.39, 0.29) is 0 Å². The molecule has 0 amide bonds. The summed E-state index contributed by atoms with van der Waals surface area (Å²) in [6, 6.07) is 17.7.